The lowest BCUT2D eigenvalue weighted by Gasteiger charge is -2.30. The molecule has 1 aliphatic heterocycles. The van der Waals surface area contributed by atoms with E-state index < -0.39 is 15.7 Å². The molecule has 2 heterocycles. The number of nitrogens with one attached hydrogen (secondary N) is 1. The number of nitrogens with zero attached hydrogens (tertiary/aromatic N) is 2. The number of carbonyl (C=O) groups excluding carboxylic acids is 1. The Morgan fingerprint density at radius 1 is 0.863 bits per heavy atom. The summed E-state index contributed by atoms with van der Waals surface area (Å²) in [7, 11) is 1.79. The minimum atomic E-state index is -1.38. The van der Waals surface area contributed by atoms with Crippen LogP contribution in [0.5, 0.6) is 11.5 Å². The number of aromatic nitrogens is 1. The summed E-state index contributed by atoms with van der Waals surface area (Å²) in [6.07, 6.45) is 0.363. The van der Waals surface area contributed by atoms with Crippen molar-refractivity contribution in [2.45, 2.75) is 44.5 Å². The average molecular weight is 700 g/mol. The van der Waals surface area contributed by atoms with E-state index in [9.17, 15) is 14.1 Å². The van der Waals surface area contributed by atoms with Crippen LogP contribution >= 0.6 is 0 Å². The van der Waals surface area contributed by atoms with Crippen LogP contribution in [0.3, 0.4) is 0 Å². The van der Waals surface area contributed by atoms with E-state index in [1.54, 1.807) is 20.3 Å². The van der Waals surface area contributed by atoms with Crippen LogP contribution in [0.2, 0.25) is 0 Å². The van der Waals surface area contributed by atoms with Crippen molar-refractivity contribution in [3.63, 3.8) is 0 Å². The number of rotatable bonds is 9. The third kappa shape index (κ3) is 7.89. The minimum Gasteiger partial charge on any atom is -0.493 e. The lowest BCUT2D eigenvalue weighted by Crippen LogP contribution is -2.36. The standard InChI is InChI=1S/C42H41N3O5S/c1-42(2,3)51(48)45-27-33-26-35(41(47)43-34-19-17-31(18-20-34)30-11-7-6-8-12-30)44-40(39(33)36(45)22-23-46)32-13-9-10-28(24-32)14-15-29-16-21-37(49-4)38(25-29)50-5/h6-13,16-21,24-26,36,46H,22-23,27H2,1-5H3,(H,43,47)/t36-,51-/m0/s1. The molecule has 0 saturated heterocycles. The number of aliphatic hydroxyl groups excluding tert-OH is 1. The maximum atomic E-state index is 13.8. The molecule has 0 spiro atoms. The Hall–Kier alpha value is -5.27. The van der Waals surface area contributed by atoms with Crippen LogP contribution in [0.25, 0.3) is 22.4 Å². The van der Waals surface area contributed by atoms with Gasteiger partial charge in [-0.25, -0.2) is 13.5 Å². The monoisotopic (exact) mass is 699 g/mol. The average Bonchev–Trinajstić information content (AvgIpc) is 3.51. The molecule has 0 bridgehead atoms. The molecule has 6 rings (SSSR count). The first-order valence-corrected chi connectivity index (χ1v) is 17.8. The van der Waals surface area contributed by atoms with E-state index in [4.69, 9.17) is 14.5 Å². The number of amides is 1. The molecule has 0 radical (unpaired) electrons. The molecule has 2 atom stereocenters. The third-order valence-corrected chi connectivity index (χ3v) is 10.5. The van der Waals surface area contributed by atoms with E-state index in [2.05, 4.69) is 17.2 Å². The van der Waals surface area contributed by atoms with E-state index in [0.29, 0.717) is 35.8 Å². The zero-order valence-corrected chi connectivity index (χ0v) is 30.2. The van der Waals surface area contributed by atoms with Crippen molar-refractivity contribution in [1.82, 2.24) is 9.29 Å². The maximum Gasteiger partial charge on any atom is 0.274 e. The number of methoxy groups -OCH3 is 2. The van der Waals surface area contributed by atoms with Gasteiger partial charge in [-0.1, -0.05) is 66.4 Å². The Morgan fingerprint density at radius 3 is 2.20 bits per heavy atom. The van der Waals surface area contributed by atoms with Gasteiger partial charge in [0, 0.05) is 41.1 Å². The molecule has 2 N–H and O–H groups in total. The molecule has 0 fully saturated rings. The van der Waals surface area contributed by atoms with Crippen molar-refractivity contribution in [3.8, 4) is 45.7 Å². The van der Waals surface area contributed by atoms with Crippen LogP contribution in [0, 0.1) is 11.8 Å². The number of ether oxygens (including phenoxy) is 2. The highest BCUT2D eigenvalue weighted by atomic mass is 32.2. The summed E-state index contributed by atoms with van der Waals surface area (Å²) in [6.45, 7) is 6.06. The van der Waals surface area contributed by atoms with Gasteiger partial charge in [-0.15, -0.1) is 0 Å². The fourth-order valence-corrected chi connectivity index (χ4v) is 7.58. The van der Waals surface area contributed by atoms with E-state index in [0.717, 1.165) is 38.9 Å². The van der Waals surface area contributed by atoms with E-state index >= 15 is 0 Å². The molecule has 0 unspecified atom stereocenters. The first kappa shape index (κ1) is 35.6. The number of aliphatic hydroxyl groups is 1. The van der Waals surface area contributed by atoms with E-state index in [-0.39, 0.29) is 24.2 Å². The van der Waals surface area contributed by atoms with Crippen molar-refractivity contribution in [1.29, 1.82) is 0 Å². The number of hydrogen-bond acceptors (Lipinski definition) is 6. The molecule has 8 nitrogen and oxygen atoms in total. The minimum absolute atomic E-state index is 0.0978. The van der Waals surface area contributed by atoms with Gasteiger partial charge in [0.05, 0.1) is 30.7 Å². The smallest absolute Gasteiger partial charge is 0.274 e. The SMILES string of the molecule is COc1ccc(C#Cc2cccc(-c3nc(C(=O)Nc4ccc(-c5ccccc5)cc4)cc4c3[C@H](CCO)N([S@@](=O)C(C)(C)C)C4)c2)cc1OC. The molecule has 0 aliphatic carbocycles. The van der Waals surface area contributed by atoms with Crippen molar-refractivity contribution >= 4 is 22.6 Å². The normalized spacial score (nSPS) is 14.6. The number of hydrogen-bond donors (Lipinski definition) is 2. The van der Waals surface area contributed by atoms with Crippen LogP contribution < -0.4 is 14.8 Å². The highest BCUT2D eigenvalue weighted by molar-refractivity contribution is 7.84. The van der Waals surface area contributed by atoms with Crippen molar-refractivity contribution in [3.05, 3.63) is 131 Å². The predicted molar refractivity (Wildman–Crippen MR) is 203 cm³/mol. The predicted octanol–water partition coefficient (Wildman–Crippen LogP) is 7.79. The zero-order valence-electron chi connectivity index (χ0n) is 29.4. The van der Waals surface area contributed by atoms with Gasteiger partial charge in [-0.05, 0) is 92.4 Å². The molecule has 9 heteroatoms. The number of anilines is 1. The zero-order chi connectivity index (χ0) is 36.1. The molecule has 260 valence electrons. The van der Waals surface area contributed by atoms with Gasteiger partial charge >= 0.3 is 0 Å². The fourth-order valence-electron chi connectivity index (χ4n) is 6.18. The van der Waals surface area contributed by atoms with Crippen LogP contribution in [0.15, 0.2) is 103 Å². The Labute approximate surface area is 302 Å². The van der Waals surface area contributed by atoms with Gasteiger partial charge in [0.25, 0.3) is 5.91 Å². The van der Waals surface area contributed by atoms with Crippen LogP contribution in [-0.4, -0.2) is 50.1 Å². The quantitative estimate of drug-likeness (QED) is 0.153. The summed E-state index contributed by atoms with van der Waals surface area (Å²) in [5, 5.41) is 13.2. The van der Waals surface area contributed by atoms with Crippen LogP contribution in [-0.2, 0) is 17.5 Å². The molecule has 0 saturated carbocycles. The van der Waals surface area contributed by atoms with Gasteiger partial charge in [0.15, 0.2) is 11.5 Å². The lowest BCUT2D eigenvalue weighted by molar-refractivity contribution is 0.102. The summed E-state index contributed by atoms with van der Waals surface area (Å²) < 4.78 is 26.0. The lowest BCUT2D eigenvalue weighted by atomic mass is 9.95. The Morgan fingerprint density at radius 2 is 1.53 bits per heavy atom. The van der Waals surface area contributed by atoms with Gasteiger partial charge in [0.1, 0.15) is 16.7 Å². The molecule has 1 amide bonds. The summed E-state index contributed by atoms with van der Waals surface area (Å²) in [5.41, 5.74) is 7.59. The molecule has 51 heavy (non-hydrogen) atoms. The molecule has 1 aromatic heterocycles. The van der Waals surface area contributed by atoms with E-state index in [1.807, 2.05) is 122 Å². The maximum absolute atomic E-state index is 13.8. The van der Waals surface area contributed by atoms with Crippen molar-refractivity contribution in [2.75, 3.05) is 26.1 Å². The Kier molecular flexibility index (Phi) is 10.7. The van der Waals surface area contributed by atoms with Gasteiger partial charge in [-0.2, -0.15) is 0 Å². The van der Waals surface area contributed by atoms with Gasteiger partial charge in [-0.3, -0.25) is 4.79 Å². The fraction of sp³-hybridized carbons (Fsp3) is 0.238. The Bertz CT molecular complexity index is 2130. The topological polar surface area (TPSA) is 101 Å². The van der Waals surface area contributed by atoms with Crippen LogP contribution in [0.1, 0.15) is 66.0 Å². The number of pyridine rings is 1. The van der Waals surface area contributed by atoms with Crippen LogP contribution in [0.4, 0.5) is 5.69 Å². The summed E-state index contributed by atoms with van der Waals surface area (Å²) in [6, 6.07) is 32.4. The molecular weight excluding hydrogens is 659 g/mol. The molecular formula is C42H41N3O5S. The number of benzene rings is 4. The second-order valence-corrected chi connectivity index (χ2v) is 15.4. The molecule has 1 aliphatic rings. The largest absolute Gasteiger partial charge is 0.493 e. The summed E-state index contributed by atoms with van der Waals surface area (Å²) in [4.78, 5) is 18.8. The van der Waals surface area contributed by atoms with Gasteiger partial charge in [0.2, 0.25) is 0 Å². The Balaban J connectivity index is 1.39. The first-order valence-electron chi connectivity index (χ1n) is 16.7. The number of fused-ring (bicyclic) bond motifs is 1. The second kappa shape index (κ2) is 15.3. The number of carbonyl (C=O) groups is 1. The summed E-state index contributed by atoms with van der Waals surface area (Å²) in [5.74, 6) is 7.31. The van der Waals surface area contributed by atoms with Crippen molar-refractivity contribution in [2.24, 2.45) is 0 Å². The molecule has 4 aromatic carbocycles. The first-order chi connectivity index (χ1) is 24.6. The van der Waals surface area contributed by atoms with E-state index in [1.165, 1.54) is 0 Å². The van der Waals surface area contributed by atoms with Crippen molar-refractivity contribution < 1.29 is 23.6 Å². The second-order valence-electron chi connectivity index (χ2n) is 13.2. The summed E-state index contributed by atoms with van der Waals surface area (Å²) >= 11 is 0. The highest BCUT2D eigenvalue weighted by Crippen LogP contribution is 2.44. The molecule has 5 aromatic rings. The highest BCUT2D eigenvalue weighted by Gasteiger charge is 2.40. The third-order valence-electron chi connectivity index (χ3n) is 8.64. The van der Waals surface area contributed by atoms with Gasteiger partial charge < -0.3 is 19.9 Å².